The highest BCUT2D eigenvalue weighted by Gasteiger charge is 2.38. The molecule has 2 rings (SSSR count). The van der Waals surface area contributed by atoms with Crippen LogP contribution >= 0.6 is 11.6 Å². The first-order valence-electron chi connectivity index (χ1n) is 9.40. The highest BCUT2D eigenvalue weighted by atomic mass is 35.5. The van der Waals surface area contributed by atoms with E-state index in [9.17, 15) is 39.5 Å². The normalized spacial score (nSPS) is 12.8. The van der Waals surface area contributed by atoms with Crippen molar-refractivity contribution in [1.82, 2.24) is 0 Å². The van der Waals surface area contributed by atoms with Crippen molar-refractivity contribution in [2.24, 2.45) is 11.1 Å². The zero-order valence-electron chi connectivity index (χ0n) is 18.1. The van der Waals surface area contributed by atoms with Crippen molar-refractivity contribution < 1.29 is 52.8 Å². The second kappa shape index (κ2) is 12.0. The summed E-state index contributed by atoms with van der Waals surface area (Å²) < 4.78 is 141. The number of benzene rings is 2. The topological polar surface area (TPSA) is 79.6 Å². The van der Waals surface area contributed by atoms with Gasteiger partial charge in [-0.25, -0.2) is 0 Å². The molecule has 0 aliphatic rings. The van der Waals surface area contributed by atoms with Crippen LogP contribution in [0.3, 0.4) is 0 Å². The number of hydrogen-bond acceptors (Lipinski definition) is 5. The van der Waals surface area contributed by atoms with Crippen LogP contribution < -0.4 is 0 Å². The number of oxime groups is 1. The van der Waals surface area contributed by atoms with Crippen molar-refractivity contribution >= 4 is 27.8 Å². The maximum atomic E-state index is 13.4. The summed E-state index contributed by atoms with van der Waals surface area (Å²) in [5.74, 6) is -0.663. The van der Waals surface area contributed by atoms with E-state index < -0.39 is 69.4 Å². The van der Waals surface area contributed by atoms with Gasteiger partial charge in [-0.15, -0.1) is 0 Å². The van der Waals surface area contributed by atoms with E-state index >= 15 is 0 Å². The number of nitrogens with one attached hydrogen (secondary N) is 1. The van der Waals surface area contributed by atoms with Gasteiger partial charge in [0.05, 0.1) is 22.4 Å². The van der Waals surface area contributed by atoms with E-state index in [2.05, 4.69) is 5.16 Å². The summed E-state index contributed by atoms with van der Waals surface area (Å²) in [7, 11) is -2.61. The molecule has 2 aromatic carbocycles. The summed E-state index contributed by atoms with van der Waals surface area (Å²) in [6, 6.07) is 3.70. The monoisotopic (exact) mass is 570 g/mol. The zero-order chi connectivity index (χ0) is 28.1. The Balaban J connectivity index is 0.00000150. The predicted octanol–water partition coefficient (Wildman–Crippen LogP) is 7.60. The van der Waals surface area contributed by atoms with Crippen LogP contribution in [-0.4, -0.2) is 14.1 Å². The molecule has 0 saturated carbocycles. The molecule has 0 saturated heterocycles. The van der Waals surface area contributed by atoms with Crippen LogP contribution in [0.2, 0.25) is 5.02 Å². The lowest BCUT2D eigenvalue weighted by atomic mass is 9.95. The number of rotatable bonds is 5. The maximum absolute atomic E-state index is 13.4. The van der Waals surface area contributed by atoms with Gasteiger partial charge in [-0.05, 0) is 36.2 Å². The van der Waals surface area contributed by atoms with E-state index in [1.54, 1.807) is 0 Å². The molecular weight excluding hydrogens is 555 g/mol. The number of alkyl halides is 9. The fourth-order valence-corrected chi connectivity index (χ4v) is 2.93. The highest BCUT2D eigenvalue weighted by molar-refractivity contribution is 7.60. The fraction of sp³-hybridized carbons (Fsp3) is 0.350. The average molecular weight is 571 g/mol. The number of nitrogens with zero attached hydrogens (tertiary/aromatic N) is 1. The molecule has 0 atom stereocenters. The van der Waals surface area contributed by atoms with Gasteiger partial charge in [-0.1, -0.05) is 36.7 Å². The van der Waals surface area contributed by atoms with Crippen molar-refractivity contribution in [3.8, 4) is 0 Å². The van der Waals surface area contributed by atoms with Gasteiger partial charge in [0.15, 0.2) is 0 Å². The molecule has 5 nitrogen and oxygen atoms in total. The quantitative estimate of drug-likeness (QED) is 0.228. The standard InChI is InChI=1S/C20H15ClF9NO.HNO2S/c1-10(2)17(14-8-13(21)5-6-15(14)19(25,26)27)31-32-9-11-3-4-12(18(22,23)24)7-16(11)20(28,29)30;1-4(2)3/h3-8,10H,9H2,1-2H3;1H/b31-17+;. The Labute approximate surface area is 205 Å². The first-order chi connectivity index (χ1) is 16.2. The van der Waals surface area contributed by atoms with Gasteiger partial charge >= 0.3 is 29.0 Å². The highest BCUT2D eigenvalue weighted by Crippen LogP contribution is 2.38. The van der Waals surface area contributed by atoms with Gasteiger partial charge in [-0.2, -0.15) is 52.7 Å². The molecule has 0 aliphatic heterocycles. The van der Waals surface area contributed by atoms with Crippen LogP contribution in [0.4, 0.5) is 39.5 Å². The summed E-state index contributed by atoms with van der Waals surface area (Å²) in [5.41, 5.74) is -5.52. The van der Waals surface area contributed by atoms with E-state index in [1.165, 1.54) is 13.8 Å². The number of hydrogen-bond donors (Lipinski definition) is 1. The van der Waals surface area contributed by atoms with Crippen LogP contribution in [0.15, 0.2) is 41.6 Å². The third-order valence-corrected chi connectivity index (χ3v) is 4.47. The molecule has 0 aromatic heterocycles. The van der Waals surface area contributed by atoms with Crippen LogP contribution in [0.1, 0.15) is 41.7 Å². The Kier molecular flexibility index (Phi) is 10.4. The smallest absolute Gasteiger partial charge is 0.391 e. The van der Waals surface area contributed by atoms with E-state index in [-0.39, 0.29) is 16.8 Å². The van der Waals surface area contributed by atoms with Crippen LogP contribution in [-0.2, 0) is 40.5 Å². The minimum absolute atomic E-state index is 0.0385. The minimum atomic E-state index is -5.12. The SMILES string of the molecule is CC(C)/C(=N\OCc1ccc(C(F)(F)F)cc1C(F)(F)F)c1cc(Cl)ccc1C(F)(F)F.N=S(=O)=O. The molecule has 0 bridgehead atoms. The Morgan fingerprint density at radius 1 is 0.917 bits per heavy atom. The largest absolute Gasteiger partial charge is 0.417 e. The van der Waals surface area contributed by atoms with E-state index in [4.69, 9.17) is 29.6 Å². The summed E-state index contributed by atoms with van der Waals surface area (Å²) in [6.45, 7) is 2.02. The Bertz CT molecular complexity index is 1200. The van der Waals surface area contributed by atoms with Crippen molar-refractivity contribution in [1.29, 1.82) is 4.78 Å². The van der Waals surface area contributed by atoms with Crippen molar-refractivity contribution in [2.75, 3.05) is 0 Å². The molecule has 200 valence electrons. The van der Waals surface area contributed by atoms with Gasteiger partial charge in [0.1, 0.15) is 6.61 Å². The summed E-state index contributed by atoms with van der Waals surface area (Å²) in [6.07, 6.45) is -14.9. The van der Waals surface area contributed by atoms with Crippen LogP contribution in [0.25, 0.3) is 0 Å². The van der Waals surface area contributed by atoms with Gasteiger partial charge in [0.25, 0.3) is 0 Å². The predicted molar refractivity (Wildman–Crippen MR) is 111 cm³/mol. The van der Waals surface area contributed by atoms with Crippen LogP contribution in [0.5, 0.6) is 0 Å². The molecule has 0 aliphatic carbocycles. The minimum Gasteiger partial charge on any atom is -0.391 e. The van der Waals surface area contributed by atoms with E-state index in [0.717, 1.165) is 18.2 Å². The molecule has 2 aromatic rings. The molecule has 0 heterocycles. The Morgan fingerprint density at radius 3 is 1.89 bits per heavy atom. The molecule has 0 fully saturated rings. The lowest BCUT2D eigenvalue weighted by molar-refractivity contribution is -0.144. The molecule has 1 N–H and O–H groups in total. The van der Waals surface area contributed by atoms with Gasteiger partial charge < -0.3 is 4.84 Å². The fourth-order valence-electron chi connectivity index (χ4n) is 2.76. The Morgan fingerprint density at radius 2 is 1.44 bits per heavy atom. The molecule has 16 heteroatoms. The van der Waals surface area contributed by atoms with Gasteiger partial charge in [-0.3, -0.25) is 0 Å². The second-order valence-corrected chi connectivity index (χ2v) is 8.10. The van der Waals surface area contributed by atoms with Gasteiger partial charge in [0.2, 0.25) is 0 Å². The number of halogens is 10. The second-order valence-electron chi connectivity index (χ2n) is 7.19. The van der Waals surface area contributed by atoms with E-state index in [1.807, 2.05) is 0 Å². The van der Waals surface area contributed by atoms with Crippen molar-refractivity contribution in [3.05, 3.63) is 69.2 Å². The third-order valence-electron chi connectivity index (χ3n) is 4.24. The van der Waals surface area contributed by atoms with Crippen LogP contribution in [0, 0.1) is 10.7 Å². The molecule has 0 unspecified atom stereocenters. The third kappa shape index (κ3) is 9.33. The molecular formula is C20H16ClF9N2O3S. The molecule has 0 spiro atoms. The lowest BCUT2D eigenvalue weighted by Crippen LogP contribution is -2.18. The Hall–Kier alpha value is -2.81. The van der Waals surface area contributed by atoms with Crippen molar-refractivity contribution in [3.63, 3.8) is 0 Å². The summed E-state index contributed by atoms with van der Waals surface area (Å²) in [4.78, 5) is 4.86. The summed E-state index contributed by atoms with van der Waals surface area (Å²) >= 11 is 5.79. The summed E-state index contributed by atoms with van der Waals surface area (Å²) in [5, 5.41) is 3.53. The molecule has 0 amide bonds. The zero-order valence-corrected chi connectivity index (χ0v) is 19.7. The van der Waals surface area contributed by atoms with Gasteiger partial charge in [0, 0.05) is 16.1 Å². The first kappa shape index (κ1) is 31.2. The molecule has 36 heavy (non-hydrogen) atoms. The van der Waals surface area contributed by atoms with E-state index in [0.29, 0.717) is 12.1 Å². The lowest BCUT2D eigenvalue weighted by Gasteiger charge is -2.18. The molecule has 0 radical (unpaired) electrons. The van der Waals surface area contributed by atoms with Crippen molar-refractivity contribution in [2.45, 2.75) is 39.0 Å². The first-order valence-corrected chi connectivity index (χ1v) is 10.8. The maximum Gasteiger partial charge on any atom is 0.417 e. The average Bonchev–Trinajstić information content (AvgIpc) is 2.68.